The number of likely N-dealkylation sites (tertiary alicyclic amines) is 1. The molecule has 1 aliphatic carbocycles. The Hall–Kier alpha value is -2.20. The SMILES string of the molecule is CN(C)Cc1ccc(C2CCCN2C(=O)c2cnc3c(c2)CCCC3)cc1. The van der Waals surface area contributed by atoms with Gasteiger partial charge in [-0.2, -0.15) is 0 Å². The number of benzene rings is 1. The number of amides is 1. The van der Waals surface area contributed by atoms with E-state index < -0.39 is 0 Å². The minimum Gasteiger partial charge on any atom is -0.332 e. The van der Waals surface area contributed by atoms with E-state index in [1.807, 2.05) is 4.90 Å². The zero-order valence-electron chi connectivity index (χ0n) is 16.4. The van der Waals surface area contributed by atoms with Gasteiger partial charge in [0.2, 0.25) is 0 Å². The van der Waals surface area contributed by atoms with E-state index in [4.69, 9.17) is 0 Å². The Labute approximate surface area is 162 Å². The highest BCUT2D eigenvalue weighted by Gasteiger charge is 2.31. The molecule has 0 spiro atoms. The molecule has 27 heavy (non-hydrogen) atoms. The van der Waals surface area contributed by atoms with Gasteiger partial charge in [0, 0.05) is 25.0 Å². The zero-order chi connectivity index (χ0) is 18.8. The van der Waals surface area contributed by atoms with Crippen molar-refractivity contribution in [3.05, 3.63) is 64.5 Å². The molecule has 0 N–H and O–H groups in total. The first-order valence-corrected chi connectivity index (χ1v) is 10.1. The van der Waals surface area contributed by atoms with Crippen LogP contribution in [0.15, 0.2) is 36.5 Å². The van der Waals surface area contributed by atoms with Crippen molar-refractivity contribution in [2.45, 2.75) is 51.1 Å². The van der Waals surface area contributed by atoms with Crippen LogP contribution in [0, 0.1) is 0 Å². The van der Waals surface area contributed by atoms with Crippen molar-refractivity contribution in [3.63, 3.8) is 0 Å². The highest BCUT2D eigenvalue weighted by atomic mass is 16.2. The highest BCUT2D eigenvalue weighted by Crippen LogP contribution is 2.33. The average Bonchev–Trinajstić information content (AvgIpc) is 3.17. The molecule has 0 bridgehead atoms. The van der Waals surface area contributed by atoms with Crippen LogP contribution in [0.25, 0.3) is 0 Å². The fourth-order valence-corrected chi connectivity index (χ4v) is 4.44. The van der Waals surface area contributed by atoms with Gasteiger partial charge < -0.3 is 9.80 Å². The van der Waals surface area contributed by atoms with Crippen LogP contribution in [0.3, 0.4) is 0 Å². The van der Waals surface area contributed by atoms with Gasteiger partial charge >= 0.3 is 0 Å². The third-order valence-corrected chi connectivity index (χ3v) is 5.79. The summed E-state index contributed by atoms with van der Waals surface area (Å²) in [6.07, 6.45) is 8.42. The maximum absolute atomic E-state index is 13.2. The lowest BCUT2D eigenvalue weighted by molar-refractivity contribution is 0.0735. The molecule has 1 saturated heterocycles. The summed E-state index contributed by atoms with van der Waals surface area (Å²) in [7, 11) is 4.16. The molecule has 1 aromatic heterocycles. The summed E-state index contributed by atoms with van der Waals surface area (Å²) in [6, 6.07) is 11.1. The first kappa shape index (κ1) is 18.2. The third-order valence-electron chi connectivity index (χ3n) is 5.79. The lowest BCUT2D eigenvalue weighted by Crippen LogP contribution is -2.31. The maximum Gasteiger partial charge on any atom is 0.255 e. The Morgan fingerprint density at radius 2 is 1.93 bits per heavy atom. The third kappa shape index (κ3) is 3.91. The molecular formula is C23H29N3O. The molecule has 1 amide bonds. The Morgan fingerprint density at radius 3 is 2.70 bits per heavy atom. The topological polar surface area (TPSA) is 36.4 Å². The molecule has 1 atom stereocenters. The van der Waals surface area contributed by atoms with Crippen molar-refractivity contribution in [1.82, 2.24) is 14.8 Å². The van der Waals surface area contributed by atoms with Crippen molar-refractivity contribution in [3.8, 4) is 0 Å². The van der Waals surface area contributed by atoms with Crippen molar-refractivity contribution in [2.24, 2.45) is 0 Å². The summed E-state index contributed by atoms with van der Waals surface area (Å²) < 4.78 is 0. The molecule has 2 aliphatic rings. The second-order valence-electron chi connectivity index (χ2n) is 8.17. The number of carbonyl (C=O) groups is 1. The van der Waals surface area contributed by atoms with Crippen LogP contribution in [-0.4, -0.2) is 41.3 Å². The molecule has 4 rings (SSSR count). The van der Waals surface area contributed by atoms with Crippen LogP contribution in [0.5, 0.6) is 0 Å². The molecule has 4 nitrogen and oxygen atoms in total. The largest absolute Gasteiger partial charge is 0.332 e. The maximum atomic E-state index is 13.2. The molecule has 1 unspecified atom stereocenters. The fraction of sp³-hybridized carbons (Fsp3) is 0.478. The van der Waals surface area contributed by atoms with Gasteiger partial charge in [-0.25, -0.2) is 0 Å². The van der Waals surface area contributed by atoms with E-state index in [1.54, 1.807) is 6.20 Å². The van der Waals surface area contributed by atoms with Gasteiger partial charge in [-0.1, -0.05) is 24.3 Å². The van der Waals surface area contributed by atoms with E-state index in [-0.39, 0.29) is 11.9 Å². The standard InChI is InChI=1S/C23H29N3O/c1-25(2)16-17-9-11-18(12-10-17)22-8-5-13-26(22)23(27)20-14-19-6-3-4-7-21(19)24-15-20/h9-12,14-15,22H,3-8,13,16H2,1-2H3. The Balaban J connectivity index is 1.53. The summed E-state index contributed by atoms with van der Waals surface area (Å²) in [5, 5.41) is 0. The van der Waals surface area contributed by atoms with Gasteiger partial charge in [-0.15, -0.1) is 0 Å². The van der Waals surface area contributed by atoms with E-state index in [2.05, 4.69) is 54.3 Å². The normalized spacial score (nSPS) is 19.4. The van der Waals surface area contributed by atoms with E-state index in [1.165, 1.54) is 35.2 Å². The van der Waals surface area contributed by atoms with Gasteiger partial charge in [-0.3, -0.25) is 9.78 Å². The number of aromatic nitrogens is 1. The number of carbonyl (C=O) groups excluding carboxylic acids is 1. The molecule has 1 aliphatic heterocycles. The Kier molecular flexibility index (Phi) is 5.26. The summed E-state index contributed by atoms with van der Waals surface area (Å²) in [5.41, 5.74) is 5.77. The molecule has 2 aromatic rings. The molecule has 2 heterocycles. The molecule has 0 saturated carbocycles. The quantitative estimate of drug-likeness (QED) is 0.824. The summed E-state index contributed by atoms with van der Waals surface area (Å²) in [6.45, 7) is 1.77. The summed E-state index contributed by atoms with van der Waals surface area (Å²) >= 11 is 0. The predicted octanol–water partition coefficient (Wildman–Crippen LogP) is 4.00. The number of pyridine rings is 1. The first-order chi connectivity index (χ1) is 13.1. The van der Waals surface area contributed by atoms with Crippen LogP contribution in [-0.2, 0) is 19.4 Å². The van der Waals surface area contributed by atoms with Gasteiger partial charge in [0.15, 0.2) is 0 Å². The first-order valence-electron chi connectivity index (χ1n) is 10.1. The van der Waals surface area contributed by atoms with Crippen LogP contribution in [0.4, 0.5) is 0 Å². The summed E-state index contributed by atoms with van der Waals surface area (Å²) in [4.78, 5) is 22.0. The molecule has 1 fully saturated rings. The van der Waals surface area contributed by atoms with E-state index in [9.17, 15) is 4.79 Å². The Bertz CT molecular complexity index is 813. The lowest BCUT2D eigenvalue weighted by atomic mass is 9.95. The highest BCUT2D eigenvalue weighted by molar-refractivity contribution is 5.94. The van der Waals surface area contributed by atoms with Crippen LogP contribution in [0.2, 0.25) is 0 Å². The smallest absolute Gasteiger partial charge is 0.255 e. The minimum absolute atomic E-state index is 0.135. The van der Waals surface area contributed by atoms with Crippen molar-refractivity contribution < 1.29 is 4.79 Å². The van der Waals surface area contributed by atoms with E-state index in [0.717, 1.165) is 44.3 Å². The monoisotopic (exact) mass is 363 g/mol. The zero-order valence-corrected chi connectivity index (χ0v) is 16.4. The van der Waals surface area contributed by atoms with Crippen molar-refractivity contribution in [1.29, 1.82) is 0 Å². The molecule has 4 heteroatoms. The minimum atomic E-state index is 0.135. The number of aryl methyl sites for hydroxylation is 2. The Morgan fingerprint density at radius 1 is 1.15 bits per heavy atom. The number of hydrogen-bond donors (Lipinski definition) is 0. The second-order valence-corrected chi connectivity index (χ2v) is 8.17. The number of hydrogen-bond acceptors (Lipinski definition) is 3. The predicted molar refractivity (Wildman–Crippen MR) is 108 cm³/mol. The van der Waals surface area contributed by atoms with Gasteiger partial charge in [0.25, 0.3) is 5.91 Å². The van der Waals surface area contributed by atoms with Gasteiger partial charge in [0.1, 0.15) is 0 Å². The number of fused-ring (bicyclic) bond motifs is 1. The van der Waals surface area contributed by atoms with Crippen LogP contribution < -0.4 is 0 Å². The van der Waals surface area contributed by atoms with Gasteiger partial charge in [0.05, 0.1) is 11.6 Å². The van der Waals surface area contributed by atoms with Crippen molar-refractivity contribution >= 4 is 5.91 Å². The van der Waals surface area contributed by atoms with Crippen LogP contribution in [0.1, 0.15) is 64.5 Å². The second kappa shape index (κ2) is 7.81. The lowest BCUT2D eigenvalue weighted by Gasteiger charge is -2.26. The molecule has 1 aromatic carbocycles. The molecule has 142 valence electrons. The molecule has 0 radical (unpaired) electrons. The number of rotatable bonds is 4. The van der Waals surface area contributed by atoms with E-state index in [0.29, 0.717) is 0 Å². The fourth-order valence-electron chi connectivity index (χ4n) is 4.44. The molecular weight excluding hydrogens is 334 g/mol. The summed E-state index contributed by atoms with van der Waals surface area (Å²) in [5.74, 6) is 0.135. The van der Waals surface area contributed by atoms with Crippen LogP contribution >= 0.6 is 0 Å². The van der Waals surface area contributed by atoms with Crippen molar-refractivity contribution in [2.75, 3.05) is 20.6 Å². The van der Waals surface area contributed by atoms with E-state index >= 15 is 0 Å². The number of nitrogens with zero attached hydrogens (tertiary/aromatic N) is 3. The van der Waals surface area contributed by atoms with Gasteiger partial charge in [-0.05, 0) is 75.4 Å². The average molecular weight is 364 g/mol.